The second kappa shape index (κ2) is 31.0. The third-order valence-electron chi connectivity index (χ3n) is 7.59. The quantitative estimate of drug-likeness (QED) is 0.0999. The Bertz CT molecular complexity index is 312. The van der Waals surface area contributed by atoms with Crippen LogP contribution in [0.25, 0.3) is 0 Å². The molecule has 0 aliphatic heterocycles. The summed E-state index contributed by atoms with van der Waals surface area (Å²) in [6.45, 7) is 2.65. The molecular formula is C32H66O2. The highest BCUT2D eigenvalue weighted by atomic mass is 16.3. The van der Waals surface area contributed by atoms with Crippen LogP contribution in [0, 0.1) is 0 Å². The predicted octanol–water partition coefficient (Wildman–Crippen LogP) is 10.7. The maximum absolute atomic E-state index is 10.2. The van der Waals surface area contributed by atoms with Gasteiger partial charge in [0.25, 0.3) is 0 Å². The molecule has 0 aromatic heterocycles. The Balaban J connectivity index is 3.13. The van der Waals surface area contributed by atoms with E-state index in [1.807, 2.05) is 0 Å². The van der Waals surface area contributed by atoms with Crippen molar-refractivity contribution in [3.05, 3.63) is 0 Å². The third-order valence-corrected chi connectivity index (χ3v) is 7.59. The minimum absolute atomic E-state index is 0.0466. The Morgan fingerprint density at radius 1 is 0.353 bits per heavy atom. The average molecular weight is 483 g/mol. The van der Waals surface area contributed by atoms with Crippen molar-refractivity contribution in [3.8, 4) is 0 Å². The lowest BCUT2D eigenvalue weighted by molar-refractivity contribution is 0.147. The van der Waals surface area contributed by atoms with Gasteiger partial charge in [-0.2, -0.15) is 0 Å². The van der Waals surface area contributed by atoms with E-state index in [0.717, 1.165) is 19.3 Å². The van der Waals surface area contributed by atoms with E-state index in [0.29, 0.717) is 6.61 Å². The van der Waals surface area contributed by atoms with Crippen molar-refractivity contribution in [2.75, 3.05) is 6.61 Å². The maximum atomic E-state index is 10.2. The summed E-state index contributed by atoms with van der Waals surface area (Å²) in [7, 11) is 0. The first kappa shape index (κ1) is 33.9. The van der Waals surface area contributed by atoms with E-state index in [4.69, 9.17) is 5.11 Å². The number of aliphatic hydroxyl groups excluding tert-OH is 2. The van der Waals surface area contributed by atoms with Crippen LogP contribution >= 0.6 is 0 Å². The van der Waals surface area contributed by atoms with Gasteiger partial charge in [0.05, 0.1) is 6.10 Å². The van der Waals surface area contributed by atoms with E-state index in [1.54, 1.807) is 0 Å². The van der Waals surface area contributed by atoms with Gasteiger partial charge in [-0.15, -0.1) is 0 Å². The number of aliphatic hydroxyl groups is 2. The van der Waals surface area contributed by atoms with Crippen molar-refractivity contribution in [2.45, 2.75) is 199 Å². The van der Waals surface area contributed by atoms with Crippen LogP contribution in [0.1, 0.15) is 193 Å². The molecule has 34 heavy (non-hydrogen) atoms. The molecule has 0 spiro atoms. The lowest BCUT2D eigenvalue weighted by Gasteiger charge is -2.10. The first-order valence-electron chi connectivity index (χ1n) is 16.1. The van der Waals surface area contributed by atoms with Gasteiger partial charge < -0.3 is 10.2 Å². The van der Waals surface area contributed by atoms with Gasteiger partial charge in [0.15, 0.2) is 0 Å². The molecule has 0 rings (SSSR count). The van der Waals surface area contributed by atoms with E-state index < -0.39 is 0 Å². The standard InChI is InChI=1S/C32H66O2/c1-2-3-4-5-6-7-8-9-11-14-17-20-23-26-29-32(34)30-27-24-21-18-15-12-10-13-16-19-22-25-28-31-33/h32-34H,2-31H2,1H3. The summed E-state index contributed by atoms with van der Waals surface area (Å²) in [6, 6.07) is 0. The first-order chi connectivity index (χ1) is 16.8. The highest BCUT2D eigenvalue weighted by Crippen LogP contribution is 2.16. The van der Waals surface area contributed by atoms with E-state index in [1.165, 1.54) is 167 Å². The van der Waals surface area contributed by atoms with Crippen LogP contribution in [0.3, 0.4) is 0 Å². The van der Waals surface area contributed by atoms with Gasteiger partial charge in [-0.3, -0.25) is 0 Å². The third kappa shape index (κ3) is 30.0. The average Bonchev–Trinajstić information content (AvgIpc) is 2.84. The molecule has 0 aromatic rings. The van der Waals surface area contributed by atoms with Crippen molar-refractivity contribution in [3.63, 3.8) is 0 Å². The fourth-order valence-corrected chi connectivity index (χ4v) is 5.16. The van der Waals surface area contributed by atoms with Gasteiger partial charge in [-0.1, -0.05) is 174 Å². The van der Waals surface area contributed by atoms with Gasteiger partial charge in [0, 0.05) is 6.61 Å². The van der Waals surface area contributed by atoms with Crippen LogP contribution in [0.15, 0.2) is 0 Å². The molecule has 2 N–H and O–H groups in total. The molecule has 0 aliphatic carbocycles. The normalized spacial score (nSPS) is 12.4. The molecule has 0 bridgehead atoms. The van der Waals surface area contributed by atoms with Crippen LogP contribution in [0.5, 0.6) is 0 Å². The van der Waals surface area contributed by atoms with Crippen molar-refractivity contribution >= 4 is 0 Å². The molecule has 206 valence electrons. The summed E-state index contributed by atoms with van der Waals surface area (Å²) in [6.07, 6.45) is 38.7. The van der Waals surface area contributed by atoms with Gasteiger partial charge >= 0.3 is 0 Å². The zero-order valence-electron chi connectivity index (χ0n) is 23.7. The second-order valence-corrected chi connectivity index (χ2v) is 11.1. The summed E-state index contributed by atoms with van der Waals surface area (Å²) >= 11 is 0. The topological polar surface area (TPSA) is 40.5 Å². The van der Waals surface area contributed by atoms with Crippen molar-refractivity contribution in [2.24, 2.45) is 0 Å². The van der Waals surface area contributed by atoms with Crippen molar-refractivity contribution in [1.82, 2.24) is 0 Å². The van der Waals surface area contributed by atoms with E-state index in [2.05, 4.69) is 6.92 Å². The lowest BCUT2D eigenvalue weighted by Crippen LogP contribution is -2.05. The van der Waals surface area contributed by atoms with Crippen LogP contribution in [0.4, 0.5) is 0 Å². The Labute approximate surface area is 216 Å². The number of rotatable bonds is 30. The molecule has 0 amide bonds. The lowest BCUT2D eigenvalue weighted by atomic mass is 10.0. The molecule has 0 saturated heterocycles. The van der Waals surface area contributed by atoms with E-state index >= 15 is 0 Å². The van der Waals surface area contributed by atoms with Gasteiger partial charge in [-0.05, 0) is 19.3 Å². The van der Waals surface area contributed by atoms with Crippen LogP contribution in [-0.4, -0.2) is 22.9 Å². The minimum atomic E-state index is -0.0466. The van der Waals surface area contributed by atoms with Crippen LogP contribution in [-0.2, 0) is 0 Å². The summed E-state index contributed by atoms with van der Waals surface area (Å²) in [5.41, 5.74) is 0. The minimum Gasteiger partial charge on any atom is -0.396 e. The molecule has 0 aromatic carbocycles. The zero-order valence-corrected chi connectivity index (χ0v) is 23.7. The smallest absolute Gasteiger partial charge is 0.0540 e. The Morgan fingerprint density at radius 2 is 0.588 bits per heavy atom. The largest absolute Gasteiger partial charge is 0.396 e. The fraction of sp³-hybridized carbons (Fsp3) is 1.00. The first-order valence-corrected chi connectivity index (χ1v) is 16.1. The van der Waals surface area contributed by atoms with Gasteiger partial charge in [0.2, 0.25) is 0 Å². The van der Waals surface area contributed by atoms with Crippen molar-refractivity contribution < 1.29 is 10.2 Å². The highest BCUT2D eigenvalue weighted by molar-refractivity contribution is 4.58. The molecule has 1 unspecified atom stereocenters. The Morgan fingerprint density at radius 3 is 0.853 bits per heavy atom. The summed E-state index contributed by atoms with van der Waals surface area (Å²) in [5, 5.41) is 19.0. The second-order valence-electron chi connectivity index (χ2n) is 11.1. The monoisotopic (exact) mass is 483 g/mol. The molecule has 0 saturated carbocycles. The predicted molar refractivity (Wildman–Crippen MR) is 153 cm³/mol. The Kier molecular flexibility index (Phi) is 30.9. The van der Waals surface area contributed by atoms with Gasteiger partial charge in [-0.25, -0.2) is 0 Å². The van der Waals surface area contributed by atoms with Crippen LogP contribution in [0.2, 0.25) is 0 Å². The number of unbranched alkanes of at least 4 members (excludes halogenated alkanes) is 25. The van der Waals surface area contributed by atoms with E-state index in [9.17, 15) is 5.11 Å². The van der Waals surface area contributed by atoms with Crippen molar-refractivity contribution in [1.29, 1.82) is 0 Å². The molecule has 0 fully saturated rings. The summed E-state index contributed by atoms with van der Waals surface area (Å²) in [5.74, 6) is 0. The fourth-order valence-electron chi connectivity index (χ4n) is 5.16. The Hall–Kier alpha value is -0.0800. The zero-order chi connectivity index (χ0) is 24.8. The van der Waals surface area contributed by atoms with Crippen LogP contribution < -0.4 is 0 Å². The highest BCUT2D eigenvalue weighted by Gasteiger charge is 2.04. The molecule has 1 atom stereocenters. The summed E-state index contributed by atoms with van der Waals surface area (Å²) in [4.78, 5) is 0. The molecular weight excluding hydrogens is 416 g/mol. The molecule has 0 radical (unpaired) electrons. The maximum Gasteiger partial charge on any atom is 0.0540 e. The molecule has 2 nitrogen and oxygen atoms in total. The molecule has 0 aliphatic rings. The number of hydrogen-bond donors (Lipinski definition) is 2. The molecule has 0 heterocycles. The summed E-state index contributed by atoms with van der Waals surface area (Å²) < 4.78 is 0. The molecule has 2 heteroatoms. The SMILES string of the molecule is CCCCCCCCCCCCCCCCC(O)CCCCCCCCCCCCCCCO. The van der Waals surface area contributed by atoms with E-state index in [-0.39, 0.29) is 6.10 Å². The number of hydrogen-bond acceptors (Lipinski definition) is 2. The van der Waals surface area contributed by atoms with Gasteiger partial charge in [0.1, 0.15) is 0 Å².